The van der Waals surface area contributed by atoms with Crippen LogP contribution in [-0.4, -0.2) is 41.2 Å². The van der Waals surface area contributed by atoms with Crippen molar-refractivity contribution in [3.63, 3.8) is 0 Å². The average molecular weight is 425 g/mol. The molecule has 1 aromatic heterocycles. The lowest BCUT2D eigenvalue weighted by Crippen LogP contribution is -2.48. The van der Waals surface area contributed by atoms with E-state index in [4.69, 9.17) is 0 Å². The third kappa shape index (κ3) is 4.46. The van der Waals surface area contributed by atoms with Gasteiger partial charge in [-0.3, -0.25) is 9.59 Å². The van der Waals surface area contributed by atoms with Gasteiger partial charge in [0.05, 0.1) is 12.6 Å². The first kappa shape index (κ1) is 21.1. The van der Waals surface area contributed by atoms with Crippen molar-refractivity contribution in [2.75, 3.05) is 19.6 Å². The Balaban J connectivity index is 1.56. The van der Waals surface area contributed by atoms with Crippen LogP contribution in [0.4, 0.5) is 0 Å². The number of carbonyl (C=O) groups is 2. The molecule has 1 aliphatic heterocycles. The summed E-state index contributed by atoms with van der Waals surface area (Å²) in [4.78, 5) is 31.9. The van der Waals surface area contributed by atoms with Gasteiger partial charge in [0.2, 0.25) is 11.8 Å². The molecule has 2 aromatic rings. The molecule has 0 N–H and O–H groups in total. The van der Waals surface area contributed by atoms with Crippen LogP contribution >= 0.6 is 11.3 Å². The summed E-state index contributed by atoms with van der Waals surface area (Å²) in [6.45, 7) is 3.74. The molecule has 1 aromatic carbocycles. The van der Waals surface area contributed by atoms with Gasteiger partial charge in [0.1, 0.15) is 0 Å². The van der Waals surface area contributed by atoms with Crippen LogP contribution < -0.4 is 0 Å². The SMILES string of the molecule is CCCCN(CC(=O)N1CCc2sccc2[C@H]1c1ccccc1)C(=O)C1CCCC1. The fraction of sp³-hybridized carbons (Fsp3) is 0.520. The van der Waals surface area contributed by atoms with Crippen molar-refractivity contribution < 1.29 is 9.59 Å². The molecule has 1 aliphatic carbocycles. The number of nitrogens with zero attached hydrogens (tertiary/aromatic N) is 2. The molecule has 0 bridgehead atoms. The van der Waals surface area contributed by atoms with Gasteiger partial charge in [-0.25, -0.2) is 0 Å². The number of benzene rings is 1. The van der Waals surface area contributed by atoms with Crippen molar-refractivity contribution in [2.45, 2.75) is 57.9 Å². The molecular weight excluding hydrogens is 392 g/mol. The summed E-state index contributed by atoms with van der Waals surface area (Å²) >= 11 is 1.78. The molecule has 160 valence electrons. The van der Waals surface area contributed by atoms with Crippen molar-refractivity contribution in [3.05, 3.63) is 57.8 Å². The molecule has 2 heterocycles. The molecular formula is C25H32N2O2S. The first-order chi connectivity index (χ1) is 14.7. The Morgan fingerprint density at radius 2 is 1.90 bits per heavy atom. The number of amides is 2. The van der Waals surface area contributed by atoms with Crippen LogP contribution in [0.5, 0.6) is 0 Å². The van der Waals surface area contributed by atoms with Gasteiger partial charge in [-0.05, 0) is 48.3 Å². The third-order valence-corrected chi connectivity index (χ3v) is 7.52. The maximum atomic E-state index is 13.5. The van der Waals surface area contributed by atoms with Gasteiger partial charge in [-0.15, -0.1) is 11.3 Å². The van der Waals surface area contributed by atoms with Crippen LogP contribution in [-0.2, 0) is 16.0 Å². The zero-order valence-electron chi connectivity index (χ0n) is 17.9. The van der Waals surface area contributed by atoms with E-state index in [1.165, 1.54) is 10.4 Å². The predicted molar refractivity (Wildman–Crippen MR) is 121 cm³/mol. The van der Waals surface area contributed by atoms with E-state index >= 15 is 0 Å². The Kier molecular flexibility index (Phi) is 6.88. The van der Waals surface area contributed by atoms with Crippen LogP contribution in [0.3, 0.4) is 0 Å². The number of rotatable bonds is 7. The second-order valence-electron chi connectivity index (χ2n) is 8.54. The van der Waals surface area contributed by atoms with Crippen molar-refractivity contribution in [2.24, 2.45) is 5.92 Å². The quantitative estimate of drug-likeness (QED) is 0.625. The summed E-state index contributed by atoms with van der Waals surface area (Å²) in [6, 6.07) is 12.4. The lowest BCUT2D eigenvalue weighted by atomic mass is 9.93. The highest BCUT2D eigenvalue weighted by molar-refractivity contribution is 7.10. The van der Waals surface area contributed by atoms with Crippen LogP contribution in [0, 0.1) is 5.92 Å². The molecule has 4 rings (SSSR count). The summed E-state index contributed by atoms with van der Waals surface area (Å²) in [5.41, 5.74) is 2.39. The van der Waals surface area contributed by atoms with Gasteiger partial charge >= 0.3 is 0 Å². The molecule has 2 aliphatic rings. The van der Waals surface area contributed by atoms with Crippen molar-refractivity contribution in [1.82, 2.24) is 9.80 Å². The molecule has 0 radical (unpaired) electrons. The third-order valence-electron chi connectivity index (χ3n) is 6.53. The lowest BCUT2D eigenvalue weighted by molar-refractivity contribution is -0.144. The smallest absolute Gasteiger partial charge is 0.242 e. The minimum atomic E-state index is -0.0525. The molecule has 4 nitrogen and oxygen atoms in total. The maximum Gasteiger partial charge on any atom is 0.242 e. The Morgan fingerprint density at radius 3 is 2.63 bits per heavy atom. The van der Waals surface area contributed by atoms with Gasteiger partial charge in [0.15, 0.2) is 0 Å². The van der Waals surface area contributed by atoms with Crippen molar-refractivity contribution in [3.8, 4) is 0 Å². The van der Waals surface area contributed by atoms with Gasteiger partial charge in [-0.2, -0.15) is 0 Å². The number of unbranched alkanes of at least 4 members (excludes halogenated alkanes) is 1. The fourth-order valence-corrected chi connectivity index (χ4v) is 5.78. The Hall–Kier alpha value is -2.14. The molecule has 0 saturated heterocycles. The Morgan fingerprint density at radius 1 is 1.13 bits per heavy atom. The summed E-state index contributed by atoms with van der Waals surface area (Å²) in [7, 11) is 0. The maximum absolute atomic E-state index is 13.5. The molecule has 30 heavy (non-hydrogen) atoms. The number of thiophene rings is 1. The van der Waals surface area contributed by atoms with Gasteiger partial charge < -0.3 is 9.80 Å². The minimum Gasteiger partial charge on any atom is -0.333 e. The minimum absolute atomic E-state index is 0.0525. The van der Waals surface area contributed by atoms with E-state index in [0.717, 1.165) is 50.5 Å². The molecule has 1 saturated carbocycles. The number of carbonyl (C=O) groups excluding carboxylic acids is 2. The summed E-state index contributed by atoms with van der Waals surface area (Å²) in [5.74, 6) is 0.381. The molecule has 1 atom stereocenters. The zero-order chi connectivity index (χ0) is 20.9. The van der Waals surface area contributed by atoms with Crippen LogP contribution in [0.15, 0.2) is 41.8 Å². The van der Waals surface area contributed by atoms with E-state index in [0.29, 0.717) is 13.1 Å². The number of hydrogen-bond donors (Lipinski definition) is 0. The molecule has 0 unspecified atom stereocenters. The van der Waals surface area contributed by atoms with E-state index in [2.05, 4.69) is 30.5 Å². The van der Waals surface area contributed by atoms with Gasteiger partial charge in [0, 0.05) is 23.9 Å². The largest absolute Gasteiger partial charge is 0.333 e. The van der Waals surface area contributed by atoms with Gasteiger partial charge in [0.25, 0.3) is 0 Å². The van der Waals surface area contributed by atoms with E-state index < -0.39 is 0 Å². The Labute approximate surface area is 183 Å². The zero-order valence-corrected chi connectivity index (χ0v) is 18.7. The van der Waals surface area contributed by atoms with Gasteiger partial charge in [-0.1, -0.05) is 56.5 Å². The monoisotopic (exact) mass is 424 g/mol. The lowest BCUT2D eigenvalue weighted by Gasteiger charge is -2.38. The highest BCUT2D eigenvalue weighted by Gasteiger charge is 2.35. The molecule has 1 fully saturated rings. The molecule has 2 amide bonds. The Bertz CT molecular complexity index is 857. The van der Waals surface area contributed by atoms with E-state index in [-0.39, 0.29) is 30.3 Å². The second kappa shape index (κ2) is 9.78. The normalized spacial score (nSPS) is 19.0. The molecule has 0 spiro atoms. The predicted octanol–water partition coefficient (Wildman–Crippen LogP) is 5.04. The highest BCUT2D eigenvalue weighted by atomic mass is 32.1. The van der Waals surface area contributed by atoms with E-state index in [1.54, 1.807) is 11.3 Å². The van der Waals surface area contributed by atoms with Crippen molar-refractivity contribution in [1.29, 1.82) is 0 Å². The van der Waals surface area contributed by atoms with Crippen LogP contribution in [0.2, 0.25) is 0 Å². The fourth-order valence-electron chi connectivity index (χ4n) is 4.88. The number of fused-ring (bicyclic) bond motifs is 1. The summed E-state index contributed by atoms with van der Waals surface area (Å²) < 4.78 is 0. The van der Waals surface area contributed by atoms with Crippen LogP contribution in [0.1, 0.15) is 67.5 Å². The first-order valence-electron chi connectivity index (χ1n) is 11.4. The first-order valence-corrected chi connectivity index (χ1v) is 12.3. The van der Waals surface area contributed by atoms with E-state index in [9.17, 15) is 9.59 Å². The van der Waals surface area contributed by atoms with Crippen LogP contribution in [0.25, 0.3) is 0 Å². The molecule has 5 heteroatoms. The summed E-state index contributed by atoms with van der Waals surface area (Å²) in [5, 5.41) is 2.13. The average Bonchev–Trinajstić information content (AvgIpc) is 3.48. The standard InChI is InChI=1S/C25H32N2O2S/c1-2-3-15-26(25(29)20-11-7-8-12-20)18-23(28)27-16-13-22-21(14-17-30-22)24(27)19-9-5-4-6-10-19/h4-6,9-10,14,17,20,24H,2-3,7-8,11-13,15-16,18H2,1H3/t24-/m1/s1. The highest BCUT2D eigenvalue weighted by Crippen LogP contribution is 2.38. The summed E-state index contributed by atoms with van der Waals surface area (Å²) in [6.07, 6.45) is 7.09. The van der Waals surface area contributed by atoms with E-state index in [1.807, 2.05) is 28.0 Å². The topological polar surface area (TPSA) is 40.6 Å². The number of hydrogen-bond acceptors (Lipinski definition) is 3. The second-order valence-corrected chi connectivity index (χ2v) is 9.54. The van der Waals surface area contributed by atoms with Crippen molar-refractivity contribution >= 4 is 23.2 Å².